The molecular weight excluding hydrogens is 256 g/mol. The number of carbonyl (C=O) groups excluding carboxylic acids is 1. The first-order chi connectivity index (χ1) is 9.65. The second-order valence-corrected chi connectivity index (χ2v) is 5.94. The smallest absolute Gasteiger partial charge is 0.373 e. The second-order valence-electron chi connectivity index (χ2n) is 5.94. The van der Waals surface area contributed by atoms with Gasteiger partial charge in [-0.15, -0.1) is 0 Å². The van der Waals surface area contributed by atoms with Gasteiger partial charge in [0, 0.05) is 18.1 Å². The molecule has 0 radical (unpaired) electrons. The molecule has 2 aliphatic heterocycles. The van der Waals surface area contributed by atoms with Crippen LogP contribution in [0.2, 0.25) is 0 Å². The van der Waals surface area contributed by atoms with E-state index in [9.17, 15) is 4.79 Å². The van der Waals surface area contributed by atoms with E-state index < -0.39 is 5.97 Å². The summed E-state index contributed by atoms with van der Waals surface area (Å²) in [5, 5.41) is 3.65. The van der Waals surface area contributed by atoms with Crippen molar-refractivity contribution < 1.29 is 13.9 Å². The Balaban J connectivity index is 1.59. The Kier molecular flexibility index (Phi) is 3.81. The molecule has 0 aromatic carbocycles. The van der Waals surface area contributed by atoms with Gasteiger partial charge in [0.2, 0.25) is 5.76 Å². The van der Waals surface area contributed by atoms with Gasteiger partial charge < -0.3 is 14.5 Å². The number of rotatable bonds is 4. The molecule has 2 atom stereocenters. The Labute approximate surface area is 119 Å². The van der Waals surface area contributed by atoms with E-state index in [1.54, 1.807) is 6.07 Å². The lowest BCUT2D eigenvalue weighted by Gasteiger charge is -2.35. The Morgan fingerprint density at radius 1 is 1.40 bits per heavy atom. The maximum absolute atomic E-state index is 11.4. The van der Waals surface area contributed by atoms with Crippen molar-refractivity contribution in [2.45, 2.75) is 50.4 Å². The van der Waals surface area contributed by atoms with Gasteiger partial charge in [0.15, 0.2) is 0 Å². The normalized spacial score (nSPS) is 28.9. The van der Waals surface area contributed by atoms with Crippen LogP contribution in [-0.2, 0) is 11.3 Å². The molecule has 1 aromatic heterocycles. The summed E-state index contributed by atoms with van der Waals surface area (Å²) in [5.74, 6) is 0.680. The van der Waals surface area contributed by atoms with E-state index in [1.807, 2.05) is 6.07 Å². The molecular formula is C15H22N2O3. The summed E-state index contributed by atoms with van der Waals surface area (Å²) in [7, 11) is 3.50. The van der Waals surface area contributed by atoms with Crippen molar-refractivity contribution in [1.82, 2.24) is 10.2 Å². The third kappa shape index (κ3) is 2.74. The zero-order chi connectivity index (χ0) is 14.1. The maximum Gasteiger partial charge on any atom is 0.373 e. The molecule has 2 unspecified atom stereocenters. The van der Waals surface area contributed by atoms with Gasteiger partial charge in [-0.3, -0.25) is 4.90 Å². The molecule has 1 N–H and O–H groups in total. The summed E-state index contributed by atoms with van der Waals surface area (Å²) in [6, 6.07) is 5.51. The molecule has 2 aliphatic rings. The van der Waals surface area contributed by atoms with Gasteiger partial charge in [-0.25, -0.2) is 4.79 Å². The van der Waals surface area contributed by atoms with Crippen LogP contribution >= 0.6 is 0 Å². The minimum Gasteiger partial charge on any atom is -0.463 e. The summed E-state index contributed by atoms with van der Waals surface area (Å²) >= 11 is 0. The molecule has 0 aliphatic carbocycles. The number of esters is 1. The van der Waals surface area contributed by atoms with Crippen LogP contribution < -0.4 is 5.32 Å². The molecule has 5 heteroatoms. The molecule has 110 valence electrons. The zero-order valence-electron chi connectivity index (χ0n) is 12.1. The van der Waals surface area contributed by atoms with Crippen molar-refractivity contribution in [2.24, 2.45) is 0 Å². The van der Waals surface area contributed by atoms with Crippen LogP contribution in [0.3, 0.4) is 0 Å². The number of nitrogens with zero attached hydrogens (tertiary/aromatic N) is 1. The molecule has 0 spiro atoms. The van der Waals surface area contributed by atoms with Crippen LogP contribution in [0, 0.1) is 0 Å². The van der Waals surface area contributed by atoms with E-state index >= 15 is 0 Å². The predicted octanol–water partition coefficient (Wildman–Crippen LogP) is 1.78. The van der Waals surface area contributed by atoms with E-state index in [2.05, 4.69) is 22.0 Å². The first-order valence-electron chi connectivity index (χ1n) is 7.29. The number of nitrogens with one attached hydrogen (secondary N) is 1. The van der Waals surface area contributed by atoms with E-state index in [1.165, 1.54) is 32.8 Å². The molecule has 20 heavy (non-hydrogen) atoms. The number of hydrogen-bond acceptors (Lipinski definition) is 5. The molecule has 3 rings (SSSR count). The highest BCUT2D eigenvalue weighted by Gasteiger charge is 2.35. The van der Waals surface area contributed by atoms with E-state index in [0.717, 1.165) is 12.3 Å². The van der Waals surface area contributed by atoms with Crippen molar-refractivity contribution >= 4 is 5.97 Å². The van der Waals surface area contributed by atoms with E-state index in [4.69, 9.17) is 4.42 Å². The van der Waals surface area contributed by atoms with Gasteiger partial charge in [-0.05, 0) is 44.9 Å². The van der Waals surface area contributed by atoms with Crippen LogP contribution in [0.25, 0.3) is 0 Å². The van der Waals surface area contributed by atoms with Gasteiger partial charge in [0.1, 0.15) is 5.76 Å². The second kappa shape index (κ2) is 5.58. The van der Waals surface area contributed by atoms with Crippen molar-refractivity contribution in [3.8, 4) is 0 Å². The number of hydrogen-bond donors (Lipinski definition) is 1. The average molecular weight is 278 g/mol. The van der Waals surface area contributed by atoms with Gasteiger partial charge >= 0.3 is 5.97 Å². The Morgan fingerprint density at radius 2 is 2.10 bits per heavy atom. The number of furan rings is 1. The van der Waals surface area contributed by atoms with Gasteiger partial charge in [-0.1, -0.05) is 0 Å². The van der Waals surface area contributed by atoms with Crippen LogP contribution in [-0.4, -0.2) is 43.2 Å². The number of carbonyl (C=O) groups is 1. The monoisotopic (exact) mass is 278 g/mol. The van der Waals surface area contributed by atoms with Crippen molar-refractivity contribution in [2.75, 3.05) is 14.2 Å². The molecule has 2 saturated heterocycles. The summed E-state index contributed by atoms with van der Waals surface area (Å²) in [6.45, 7) is 0.737. The Hall–Kier alpha value is -1.33. The third-order valence-electron chi connectivity index (χ3n) is 4.52. The molecule has 1 aromatic rings. The summed E-state index contributed by atoms with van der Waals surface area (Å²) in [6.07, 6.45) is 5.03. The molecule has 2 fully saturated rings. The van der Waals surface area contributed by atoms with Crippen LogP contribution in [0.5, 0.6) is 0 Å². The van der Waals surface area contributed by atoms with Crippen molar-refractivity contribution in [1.29, 1.82) is 0 Å². The van der Waals surface area contributed by atoms with Crippen molar-refractivity contribution in [3.63, 3.8) is 0 Å². The van der Waals surface area contributed by atoms with Crippen molar-refractivity contribution in [3.05, 3.63) is 23.7 Å². The fourth-order valence-electron chi connectivity index (χ4n) is 3.44. The first kappa shape index (κ1) is 13.6. The Morgan fingerprint density at radius 3 is 2.75 bits per heavy atom. The van der Waals surface area contributed by atoms with E-state index in [-0.39, 0.29) is 5.76 Å². The summed E-state index contributed by atoms with van der Waals surface area (Å²) < 4.78 is 10.2. The van der Waals surface area contributed by atoms with Gasteiger partial charge in [0.05, 0.1) is 13.7 Å². The Bertz CT molecular complexity index is 473. The van der Waals surface area contributed by atoms with Crippen LogP contribution in [0.1, 0.15) is 42.0 Å². The molecule has 5 nitrogen and oxygen atoms in total. The highest BCUT2D eigenvalue weighted by atomic mass is 16.5. The fraction of sp³-hybridized carbons (Fsp3) is 0.667. The molecule has 3 heterocycles. The van der Waals surface area contributed by atoms with Crippen LogP contribution in [0.15, 0.2) is 16.5 Å². The summed E-state index contributed by atoms with van der Waals surface area (Å²) in [4.78, 5) is 13.7. The minimum atomic E-state index is -0.418. The zero-order valence-corrected chi connectivity index (χ0v) is 12.1. The highest BCUT2D eigenvalue weighted by molar-refractivity contribution is 5.86. The maximum atomic E-state index is 11.4. The number of methoxy groups -OCH3 is 1. The van der Waals surface area contributed by atoms with Gasteiger partial charge in [0.25, 0.3) is 0 Å². The molecule has 0 amide bonds. The largest absolute Gasteiger partial charge is 0.463 e. The SMILES string of the molecule is COC(=O)c1ccc(CN(C)C2CC3CCC(C2)N3)o1. The van der Waals surface area contributed by atoms with Crippen LogP contribution in [0.4, 0.5) is 0 Å². The highest BCUT2D eigenvalue weighted by Crippen LogP contribution is 2.29. The predicted molar refractivity (Wildman–Crippen MR) is 74.5 cm³/mol. The minimum absolute atomic E-state index is 0.279. The quantitative estimate of drug-likeness (QED) is 0.851. The molecule has 0 saturated carbocycles. The lowest BCUT2D eigenvalue weighted by Crippen LogP contribution is -2.46. The summed E-state index contributed by atoms with van der Waals surface area (Å²) in [5.41, 5.74) is 0. The first-order valence-corrected chi connectivity index (χ1v) is 7.29. The van der Waals surface area contributed by atoms with Gasteiger partial charge in [-0.2, -0.15) is 0 Å². The van der Waals surface area contributed by atoms with E-state index in [0.29, 0.717) is 18.1 Å². The standard InChI is InChI=1S/C15H22N2O3/c1-17(12-7-10-3-4-11(8-12)16-10)9-13-5-6-14(20-13)15(18)19-2/h5-6,10-12,16H,3-4,7-9H2,1-2H3. The third-order valence-corrected chi connectivity index (χ3v) is 4.52. The number of piperidine rings is 1. The topological polar surface area (TPSA) is 54.7 Å². The lowest BCUT2D eigenvalue weighted by atomic mass is 9.98. The fourth-order valence-corrected chi connectivity index (χ4v) is 3.44. The average Bonchev–Trinajstić information content (AvgIpc) is 3.04. The number of fused-ring (bicyclic) bond motifs is 2. The lowest BCUT2D eigenvalue weighted by molar-refractivity contribution is 0.0560. The molecule has 2 bridgehead atoms. The number of ether oxygens (including phenoxy) is 1.